The van der Waals surface area contributed by atoms with Crippen molar-refractivity contribution in [2.45, 2.75) is 32.6 Å². The van der Waals surface area contributed by atoms with Gasteiger partial charge in [-0.25, -0.2) is 4.68 Å². The molecule has 0 aliphatic heterocycles. The molecule has 0 bridgehead atoms. The lowest BCUT2D eigenvalue weighted by Gasteiger charge is -2.08. The van der Waals surface area contributed by atoms with Crippen molar-refractivity contribution >= 4 is 23.1 Å². The number of aromatic nitrogens is 4. The minimum Gasteiger partial charge on any atom is -0.321 e. The molecule has 1 amide bonds. The van der Waals surface area contributed by atoms with E-state index in [1.165, 1.54) is 18.5 Å². The number of benzene rings is 1. The van der Waals surface area contributed by atoms with Crippen molar-refractivity contribution in [2.75, 3.05) is 5.32 Å². The van der Waals surface area contributed by atoms with Crippen LogP contribution in [0.5, 0.6) is 0 Å². The van der Waals surface area contributed by atoms with Crippen LogP contribution in [0.1, 0.15) is 45.5 Å². The molecule has 0 saturated heterocycles. The van der Waals surface area contributed by atoms with Gasteiger partial charge in [0.2, 0.25) is 0 Å². The van der Waals surface area contributed by atoms with Crippen LogP contribution in [0.25, 0.3) is 5.69 Å². The van der Waals surface area contributed by atoms with Crippen LogP contribution in [0.15, 0.2) is 30.3 Å². The topological polar surface area (TPSA) is 72.7 Å². The van der Waals surface area contributed by atoms with Gasteiger partial charge in [-0.3, -0.25) is 4.79 Å². The molecule has 6 nitrogen and oxygen atoms in total. The fourth-order valence-electron chi connectivity index (χ4n) is 2.71. The Morgan fingerprint density at radius 2 is 2.00 bits per heavy atom. The molecule has 0 unspecified atom stereocenters. The van der Waals surface area contributed by atoms with E-state index in [4.69, 9.17) is 0 Å². The number of nitrogens with one attached hydrogen (secondary N) is 1. The minimum absolute atomic E-state index is 0.177. The van der Waals surface area contributed by atoms with Gasteiger partial charge in [-0.2, -0.15) is 5.10 Å². The highest BCUT2D eigenvalue weighted by Gasteiger charge is 2.28. The Morgan fingerprint density at radius 1 is 1.25 bits per heavy atom. The minimum atomic E-state index is -0.177. The molecule has 2 aromatic heterocycles. The number of amides is 1. The predicted molar refractivity (Wildman–Crippen MR) is 92.9 cm³/mol. The molecule has 2 heterocycles. The third-order valence-electron chi connectivity index (χ3n) is 4.08. The van der Waals surface area contributed by atoms with Crippen molar-refractivity contribution in [3.8, 4) is 5.69 Å². The van der Waals surface area contributed by atoms with Gasteiger partial charge in [0.15, 0.2) is 0 Å². The third-order valence-corrected chi connectivity index (χ3v) is 4.91. The van der Waals surface area contributed by atoms with Gasteiger partial charge >= 0.3 is 0 Å². The summed E-state index contributed by atoms with van der Waals surface area (Å²) in [5, 5.41) is 11.3. The molecular formula is C17H17N5OS. The highest BCUT2D eigenvalue weighted by molar-refractivity contribution is 7.08. The second-order valence-corrected chi connectivity index (χ2v) is 6.84. The summed E-state index contributed by atoms with van der Waals surface area (Å²) in [4.78, 5) is 12.7. The molecule has 0 atom stereocenters. The summed E-state index contributed by atoms with van der Waals surface area (Å²) in [6.07, 6.45) is 2.48. The maximum absolute atomic E-state index is 12.2. The van der Waals surface area contributed by atoms with Crippen LogP contribution in [-0.4, -0.2) is 25.3 Å². The van der Waals surface area contributed by atoms with Gasteiger partial charge in [0.1, 0.15) is 4.88 Å². The van der Waals surface area contributed by atoms with E-state index in [1.807, 2.05) is 35.9 Å². The summed E-state index contributed by atoms with van der Waals surface area (Å²) in [7, 11) is 0. The number of aryl methyl sites for hydroxylation is 2. The molecule has 7 heteroatoms. The van der Waals surface area contributed by atoms with Crippen molar-refractivity contribution in [3.05, 3.63) is 52.3 Å². The van der Waals surface area contributed by atoms with Crippen LogP contribution in [0.4, 0.5) is 5.69 Å². The van der Waals surface area contributed by atoms with Crippen molar-refractivity contribution in [1.82, 2.24) is 19.4 Å². The Hall–Kier alpha value is -2.54. The Kier molecular flexibility index (Phi) is 3.65. The van der Waals surface area contributed by atoms with E-state index in [9.17, 15) is 4.79 Å². The standard InChI is InChI=1S/C17H17N5OS/c1-10-9-15(12-3-4-12)22(20-10)14-7-5-13(6-8-14)18-17(23)16-11(2)19-21-24-16/h5-9,12H,3-4H2,1-2H3,(H,18,23). The van der Waals surface area contributed by atoms with Crippen LogP contribution in [-0.2, 0) is 0 Å². The number of hydrogen-bond donors (Lipinski definition) is 1. The summed E-state index contributed by atoms with van der Waals surface area (Å²) < 4.78 is 5.80. The monoisotopic (exact) mass is 339 g/mol. The highest BCUT2D eigenvalue weighted by atomic mass is 32.1. The molecule has 0 radical (unpaired) electrons. The summed E-state index contributed by atoms with van der Waals surface area (Å²) in [5.41, 5.74) is 4.71. The molecule has 24 heavy (non-hydrogen) atoms. The second-order valence-electron chi connectivity index (χ2n) is 6.09. The molecule has 3 aromatic rings. The summed E-state index contributed by atoms with van der Waals surface area (Å²) in [6.45, 7) is 3.80. The van der Waals surface area contributed by atoms with E-state index >= 15 is 0 Å². The first-order valence-corrected chi connectivity index (χ1v) is 8.66. The highest BCUT2D eigenvalue weighted by Crippen LogP contribution is 2.41. The maximum atomic E-state index is 12.2. The Morgan fingerprint density at radius 3 is 2.62 bits per heavy atom. The van der Waals surface area contributed by atoms with Crippen LogP contribution in [0, 0.1) is 13.8 Å². The smallest absolute Gasteiger partial charge is 0.269 e. The normalized spacial score (nSPS) is 13.9. The molecule has 1 saturated carbocycles. The van der Waals surface area contributed by atoms with E-state index < -0.39 is 0 Å². The molecular weight excluding hydrogens is 322 g/mol. The van der Waals surface area contributed by atoms with E-state index in [0.29, 0.717) is 16.5 Å². The Balaban J connectivity index is 1.55. The largest absolute Gasteiger partial charge is 0.321 e. The molecule has 1 aliphatic carbocycles. The van der Waals surface area contributed by atoms with E-state index in [1.54, 1.807) is 6.92 Å². The van der Waals surface area contributed by atoms with Crippen molar-refractivity contribution in [3.63, 3.8) is 0 Å². The van der Waals surface area contributed by atoms with Gasteiger partial charge < -0.3 is 5.32 Å². The van der Waals surface area contributed by atoms with Gasteiger partial charge in [-0.15, -0.1) is 5.10 Å². The number of hydrogen-bond acceptors (Lipinski definition) is 5. The van der Waals surface area contributed by atoms with Gasteiger partial charge in [0, 0.05) is 17.3 Å². The molecule has 122 valence electrons. The molecule has 1 aromatic carbocycles. The van der Waals surface area contributed by atoms with Gasteiger partial charge in [0.25, 0.3) is 5.91 Å². The average molecular weight is 339 g/mol. The number of carbonyl (C=O) groups excluding carboxylic acids is 1. The first-order chi connectivity index (χ1) is 11.6. The fraction of sp³-hybridized carbons (Fsp3) is 0.294. The SMILES string of the molecule is Cc1cc(C2CC2)n(-c2ccc(NC(=O)c3snnc3C)cc2)n1. The summed E-state index contributed by atoms with van der Waals surface area (Å²) in [5.74, 6) is 0.455. The zero-order chi connectivity index (χ0) is 16.7. The van der Waals surface area contributed by atoms with E-state index in [0.717, 1.165) is 28.6 Å². The molecule has 1 N–H and O–H groups in total. The van der Waals surface area contributed by atoms with Crippen LogP contribution >= 0.6 is 11.5 Å². The molecule has 0 spiro atoms. The lowest BCUT2D eigenvalue weighted by atomic mass is 10.2. The lowest BCUT2D eigenvalue weighted by Crippen LogP contribution is -2.11. The maximum Gasteiger partial charge on any atom is 0.269 e. The number of carbonyl (C=O) groups is 1. The quantitative estimate of drug-likeness (QED) is 0.790. The van der Waals surface area contributed by atoms with Crippen LogP contribution < -0.4 is 5.32 Å². The Bertz CT molecular complexity index is 892. The summed E-state index contributed by atoms with van der Waals surface area (Å²) in [6, 6.07) is 9.90. The van der Waals surface area contributed by atoms with Gasteiger partial charge in [0.05, 0.1) is 17.1 Å². The van der Waals surface area contributed by atoms with E-state index in [2.05, 4.69) is 26.1 Å². The molecule has 1 fully saturated rings. The first kappa shape index (κ1) is 15.0. The second kappa shape index (κ2) is 5.83. The number of anilines is 1. The lowest BCUT2D eigenvalue weighted by molar-refractivity contribution is 0.103. The first-order valence-electron chi connectivity index (χ1n) is 7.89. The fourth-order valence-corrected chi connectivity index (χ4v) is 3.26. The summed E-state index contributed by atoms with van der Waals surface area (Å²) >= 11 is 1.10. The molecule has 4 rings (SSSR count). The van der Waals surface area contributed by atoms with Crippen LogP contribution in [0.2, 0.25) is 0 Å². The van der Waals surface area contributed by atoms with Gasteiger partial charge in [-0.1, -0.05) is 4.49 Å². The average Bonchev–Trinajstić information content (AvgIpc) is 3.21. The Labute approximate surface area is 143 Å². The van der Waals surface area contributed by atoms with Gasteiger partial charge in [-0.05, 0) is 68.6 Å². The van der Waals surface area contributed by atoms with E-state index in [-0.39, 0.29) is 5.91 Å². The van der Waals surface area contributed by atoms with Crippen molar-refractivity contribution in [1.29, 1.82) is 0 Å². The number of rotatable bonds is 4. The predicted octanol–water partition coefficient (Wildman–Crippen LogP) is 3.47. The van der Waals surface area contributed by atoms with Crippen molar-refractivity contribution in [2.24, 2.45) is 0 Å². The number of nitrogens with zero attached hydrogens (tertiary/aromatic N) is 4. The zero-order valence-corrected chi connectivity index (χ0v) is 14.3. The third kappa shape index (κ3) is 2.82. The van der Waals surface area contributed by atoms with Crippen molar-refractivity contribution < 1.29 is 4.79 Å². The molecule has 1 aliphatic rings. The van der Waals surface area contributed by atoms with Crippen LogP contribution in [0.3, 0.4) is 0 Å². The zero-order valence-electron chi connectivity index (χ0n) is 13.5.